The van der Waals surface area contributed by atoms with Gasteiger partial charge in [0.05, 0.1) is 18.8 Å². The zero-order chi connectivity index (χ0) is 19.4. The predicted molar refractivity (Wildman–Crippen MR) is 105 cm³/mol. The normalized spacial score (nSPS) is 25.3. The minimum Gasteiger partial charge on any atom is -0.394 e. The van der Waals surface area contributed by atoms with Crippen molar-refractivity contribution in [2.45, 2.75) is 43.7 Å². The van der Waals surface area contributed by atoms with E-state index < -0.39 is 24.4 Å². The summed E-state index contributed by atoms with van der Waals surface area (Å²) in [6.45, 7) is -0.350. The summed E-state index contributed by atoms with van der Waals surface area (Å²) in [5.41, 5.74) is 4.00. The van der Waals surface area contributed by atoms with Crippen LogP contribution in [0.4, 0.5) is 0 Å². The molecule has 1 heterocycles. The van der Waals surface area contributed by atoms with Gasteiger partial charge >= 0.3 is 0 Å². The molecule has 27 heavy (non-hydrogen) atoms. The van der Waals surface area contributed by atoms with Gasteiger partial charge in [-0.15, -0.1) is 0 Å². The first-order valence-electron chi connectivity index (χ1n) is 8.99. The van der Waals surface area contributed by atoms with Crippen LogP contribution in [-0.4, -0.2) is 46.5 Å². The van der Waals surface area contributed by atoms with E-state index in [9.17, 15) is 15.3 Å². The molecule has 1 aliphatic rings. The number of hydrogen-bond donors (Lipinski definition) is 4. The molecule has 4 N–H and O–H groups in total. The van der Waals surface area contributed by atoms with Crippen molar-refractivity contribution in [1.82, 2.24) is 0 Å². The molecule has 0 aliphatic carbocycles. The Labute approximate surface area is 163 Å². The van der Waals surface area contributed by atoms with Crippen LogP contribution in [0.5, 0.6) is 0 Å². The average Bonchev–Trinajstić information content (AvgIpc) is 2.67. The molecule has 0 bridgehead atoms. The lowest BCUT2D eigenvalue weighted by atomic mass is 9.92. The number of nitrogens with one attached hydrogen (secondary N) is 1. The molecule has 1 saturated heterocycles. The van der Waals surface area contributed by atoms with Gasteiger partial charge in [-0.05, 0) is 41.0 Å². The van der Waals surface area contributed by atoms with Crippen molar-refractivity contribution in [3.63, 3.8) is 0 Å². The molecular weight excluding hydrogens is 366 g/mol. The predicted octanol–water partition coefficient (Wildman–Crippen LogP) is 2.67. The van der Waals surface area contributed by atoms with Crippen molar-refractivity contribution in [2.24, 2.45) is 0 Å². The zero-order valence-corrected chi connectivity index (χ0v) is 15.6. The Hall–Kier alpha value is -1.76. The fourth-order valence-electron chi connectivity index (χ4n) is 3.38. The topological polar surface area (TPSA) is 93.8 Å². The summed E-state index contributed by atoms with van der Waals surface area (Å²) < 4.78 is 5.77. The van der Waals surface area contributed by atoms with E-state index in [0.29, 0.717) is 17.9 Å². The summed E-state index contributed by atoms with van der Waals surface area (Å²) in [4.78, 5) is 0. The highest BCUT2D eigenvalue weighted by Gasteiger charge is 2.37. The minimum atomic E-state index is -1.09. The van der Waals surface area contributed by atoms with Gasteiger partial charge in [-0.1, -0.05) is 48.0 Å². The number of rotatable bonds is 6. The lowest BCUT2D eigenvalue weighted by molar-refractivity contribution is -0.181. The lowest BCUT2D eigenvalue weighted by Crippen LogP contribution is -2.47. The van der Waals surface area contributed by atoms with Gasteiger partial charge in [0, 0.05) is 17.9 Å². The van der Waals surface area contributed by atoms with Gasteiger partial charge in [0.1, 0.15) is 12.2 Å². The van der Waals surface area contributed by atoms with Crippen molar-refractivity contribution < 1.29 is 20.1 Å². The second kappa shape index (κ2) is 8.95. The number of aliphatic hydroxyl groups excluding tert-OH is 3. The quantitative estimate of drug-likeness (QED) is 0.571. The maximum atomic E-state index is 10.1. The molecule has 2 aromatic carbocycles. The van der Waals surface area contributed by atoms with E-state index in [1.165, 1.54) is 6.21 Å². The maximum Gasteiger partial charge on any atom is 0.110 e. The molecule has 0 radical (unpaired) electrons. The first-order valence-corrected chi connectivity index (χ1v) is 9.37. The van der Waals surface area contributed by atoms with E-state index >= 15 is 0 Å². The lowest BCUT2D eigenvalue weighted by Gasteiger charge is -2.36. The highest BCUT2D eigenvalue weighted by molar-refractivity contribution is 6.31. The van der Waals surface area contributed by atoms with E-state index in [1.54, 1.807) is 0 Å². The third kappa shape index (κ3) is 4.75. The Balaban J connectivity index is 1.78. The molecule has 144 valence electrons. The zero-order valence-electron chi connectivity index (χ0n) is 14.9. The van der Waals surface area contributed by atoms with Crippen molar-refractivity contribution >= 4 is 17.8 Å². The number of halogens is 1. The molecule has 1 fully saturated rings. The number of benzene rings is 2. The molecule has 0 amide bonds. The molecular formula is C21H24ClNO4. The molecule has 4 atom stereocenters. The Morgan fingerprint density at radius 1 is 1.11 bits per heavy atom. The average molecular weight is 390 g/mol. The second-order valence-electron chi connectivity index (χ2n) is 6.89. The van der Waals surface area contributed by atoms with Crippen LogP contribution in [0.15, 0.2) is 42.5 Å². The third-order valence-corrected chi connectivity index (χ3v) is 5.32. The van der Waals surface area contributed by atoms with Crippen LogP contribution in [0.3, 0.4) is 0 Å². The van der Waals surface area contributed by atoms with Crippen LogP contribution in [-0.2, 0) is 17.6 Å². The maximum absolute atomic E-state index is 10.1. The monoisotopic (exact) mass is 389 g/mol. The van der Waals surface area contributed by atoms with Crippen molar-refractivity contribution in [3.05, 3.63) is 69.7 Å². The van der Waals surface area contributed by atoms with E-state index in [1.807, 2.05) is 42.5 Å². The smallest absolute Gasteiger partial charge is 0.110 e. The van der Waals surface area contributed by atoms with Crippen LogP contribution in [0.1, 0.15) is 34.8 Å². The fourth-order valence-corrected chi connectivity index (χ4v) is 3.56. The molecule has 0 spiro atoms. The van der Waals surface area contributed by atoms with E-state index in [-0.39, 0.29) is 13.0 Å². The van der Waals surface area contributed by atoms with Crippen LogP contribution in [0.25, 0.3) is 0 Å². The minimum absolute atomic E-state index is 0.261. The van der Waals surface area contributed by atoms with Crippen molar-refractivity contribution in [1.29, 1.82) is 5.41 Å². The summed E-state index contributed by atoms with van der Waals surface area (Å²) in [5, 5.41) is 37.1. The fraction of sp³-hybridized carbons (Fsp3) is 0.381. The van der Waals surface area contributed by atoms with Gasteiger partial charge < -0.3 is 25.5 Å². The SMILES string of the molecule is N=CCc1ccc(Cc2cc(C3CC(O)C(O)C(CO)O3)ccc2Cl)cc1. The van der Waals surface area contributed by atoms with E-state index in [0.717, 1.165) is 22.3 Å². The third-order valence-electron chi connectivity index (χ3n) is 4.95. The van der Waals surface area contributed by atoms with Gasteiger partial charge in [-0.25, -0.2) is 0 Å². The van der Waals surface area contributed by atoms with Crippen LogP contribution in [0.2, 0.25) is 5.02 Å². The van der Waals surface area contributed by atoms with Crippen molar-refractivity contribution in [2.75, 3.05) is 6.61 Å². The molecule has 6 heteroatoms. The summed E-state index contributed by atoms with van der Waals surface area (Å²) in [6, 6.07) is 13.7. The van der Waals surface area contributed by atoms with Gasteiger partial charge in [-0.3, -0.25) is 0 Å². The van der Waals surface area contributed by atoms with E-state index in [4.69, 9.17) is 21.7 Å². The Morgan fingerprint density at radius 2 is 1.81 bits per heavy atom. The molecule has 4 unspecified atom stereocenters. The van der Waals surface area contributed by atoms with Crippen LogP contribution >= 0.6 is 11.6 Å². The van der Waals surface area contributed by atoms with Crippen LogP contribution in [0, 0.1) is 5.41 Å². The van der Waals surface area contributed by atoms with Gasteiger partial charge in [0.25, 0.3) is 0 Å². The first kappa shape index (κ1) is 20.0. The Bertz CT molecular complexity index is 780. The largest absolute Gasteiger partial charge is 0.394 e. The number of hydrogen-bond acceptors (Lipinski definition) is 5. The van der Waals surface area contributed by atoms with Gasteiger partial charge in [-0.2, -0.15) is 0 Å². The molecule has 2 aromatic rings. The summed E-state index contributed by atoms with van der Waals surface area (Å²) >= 11 is 6.37. The second-order valence-corrected chi connectivity index (χ2v) is 7.30. The number of ether oxygens (including phenoxy) is 1. The molecule has 5 nitrogen and oxygen atoms in total. The highest BCUT2D eigenvalue weighted by atomic mass is 35.5. The first-order chi connectivity index (χ1) is 13.0. The highest BCUT2D eigenvalue weighted by Crippen LogP contribution is 2.34. The summed E-state index contributed by atoms with van der Waals surface area (Å²) in [5.74, 6) is 0. The standard InChI is InChI=1S/C21H24ClNO4/c22-17-6-5-15(19-11-18(25)21(26)20(12-24)27-19)10-16(17)9-14-3-1-13(2-4-14)7-8-23/h1-6,8,10,18-21,23-26H,7,9,11-12H2. The summed E-state index contributed by atoms with van der Waals surface area (Å²) in [7, 11) is 0. The van der Waals surface area contributed by atoms with Crippen molar-refractivity contribution in [3.8, 4) is 0 Å². The summed E-state index contributed by atoms with van der Waals surface area (Å²) in [6.07, 6.45) is -0.333. The number of aliphatic hydroxyl groups is 3. The van der Waals surface area contributed by atoms with Gasteiger partial charge in [0.15, 0.2) is 0 Å². The molecule has 0 saturated carbocycles. The molecule has 3 rings (SSSR count). The molecule has 1 aliphatic heterocycles. The Morgan fingerprint density at radius 3 is 2.48 bits per heavy atom. The Kier molecular flexibility index (Phi) is 6.63. The van der Waals surface area contributed by atoms with Gasteiger partial charge in [0.2, 0.25) is 0 Å². The van der Waals surface area contributed by atoms with Crippen LogP contribution < -0.4 is 0 Å². The molecule has 0 aromatic heterocycles. The van der Waals surface area contributed by atoms with E-state index in [2.05, 4.69) is 0 Å².